The Kier molecular flexibility index (Phi) is 5.24. The molecular weight excluding hydrogens is 330 g/mol. The first kappa shape index (κ1) is 17.3. The van der Waals surface area contributed by atoms with Gasteiger partial charge < -0.3 is 9.88 Å². The number of hydrogen-bond donors (Lipinski definition) is 1. The number of imidazole rings is 1. The van der Waals surface area contributed by atoms with Crippen molar-refractivity contribution in [1.82, 2.24) is 9.55 Å². The number of thioether (sulfide) groups is 1. The lowest BCUT2D eigenvalue weighted by atomic mass is 10.1. The van der Waals surface area contributed by atoms with Gasteiger partial charge in [-0.05, 0) is 36.6 Å². The third-order valence-electron chi connectivity index (χ3n) is 4.01. The first-order valence-corrected chi connectivity index (χ1v) is 9.10. The molecule has 0 radical (unpaired) electrons. The Bertz CT molecular complexity index is 887. The van der Waals surface area contributed by atoms with Gasteiger partial charge in [0.15, 0.2) is 5.16 Å². The molecule has 4 nitrogen and oxygen atoms in total. The van der Waals surface area contributed by atoms with Crippen molar-refractivity contribution in [3.63, 3.8) is 0 Å². The Morgan fingerprint density at radius 1 is 1.16 bits per heavy atom. The molecule has 1 N–H and O–H groups in total. The van der Waals surface area contributed by atoms with E-state index in [4.69, 9.17) is 0 Å². The molecular formula is C20H21N3OS. The molecule has 0 bridgehead atoms. The Morgan fingerprint density at radius 3 is 2.68 bits per heavy atom. The Hall–Kier alpha value is -2.53. The number of aryl methyl sites for hydroxylation is 2. The fourth-order valence-corrected chi connectivity index (χ4v) is 3.34. The fourth-order valence-electron chi connectivity index (χ4n) is 2.59. The zero-order chi connectivity index (χ0) is 17.8. The smallest absolute Gasteiger partial charge is 0.234 e. The number of hydrogen-bond acceptors (Lipinski definition) is 3. The molecule has 0 saturated heterocycles. The van der Waals surface area contributed by atoms with Crippen LogP contribution in [0, 0.1) is 13.8 Å². The molecule has 0 spiro atoms. The average molecular weight is 351 g/mol. The van der Waals surface area contributed by atoms with Crippen LogP contribution >= 0.6 is 11.8 Å². The third kappa shape index (κ3) is 4.12. The lowest BCUT2D eigenvalue weighted by Gasteiger charge is -2.09. The molecule has 0 saturated carbocycles. The summed E-state index contributed by atoms with van der Waals surface area (Å²) >= 11 is 1.44. The van der Waals surface area contributed by atoms with Crippen LogP contribution in [0.25, 0.3) is 11.3 Å². The highest BCUT2D eigenvalue weighted by atomic mass is 32.2. The Balaban J connectivity index is 1.65. The third-order valence-corrected chi connectivity index (χ3v) is 5.06. The lowest BCUT2D eigenvalue weighted by molar-refractivity contribution is -0.113. The van der Waals surface area contributed by atoms with Gasteiger partial charge in [-0.2, -0.15) is 0 Å². The summed E-state index contributed by atoms with van der Waals surface area (Å²) < 4.78 is 2.02. The first-order chi connectivity index (χ1) is 12.0. The summed E-state index contributed by atoms with van der Waals surface area (Å²) in [7, 11) is 1.97. The average Bonchev–Trinajstić information content (AvgIpc) is 2.98. The molecule has 5 heteroatoms. The maximum absolute atomic E-state index is 12.3. The lowest BCUT2D eigenvalue weighted by Crippen LogP contribution is -2.15. The number of benzene rings is 2. The van der Waals surface area contributed by atoms with Crippen molar-refractivity contribution in [3.05, 3.63) is 65.9 Å². The highest BCUT2D eigenvalue weighted by molar-refractivity contribution is 7.99. The van der Waals surface area contributed by atoms with Crippen molar-refractivity contribution in [2.24, 2.45) is 7.05 Å². The van der Waals surface area contributed by atoms with Crippen molar-refractivity contribution >= 4 is 23.4 Å². The van der Waals surface area contributed by atoms with Gasteiger partial charge in [0.2, 0.25) is 5.91 Å². The second-order valence-electron chi connectivity index (χ2n) is 6.01. The van der Waals surface area contributed by atoms with E-state index >= 15 is 0 Å². The van der Waals surface area contributed by atoms with Crippen LogP contribution in [0.15, 0.2) is 59.9 Å². The number of anilines is 1. The van der Waals surface area contributed by atoms with Gasteiger partial charge in [-0.25, -0.2) is 4.98 Å². The Morgan fingerprint density at radius 2 is 1.92 bits per heavy atom. The van der Waals surface area contributed by atoms with Crippen LogP contribution in [0.4, 0.5) is 5.69 Å². The quantitative estimate of drug-likeness (QED) is 0.692. The van der Waals surface area contributed by atoms with E-state index in [-0.39, 0.29) is 5.91 Å². The summed E-state index contributed by atoms with van der Waals surface area (Å²) in [5, 5.41) is 3.81. The zero-order valence-corrected chi connectivity index (χ0v) is 15.4. The van der Waals surface area contributed by atoms with Gasteiger partial charge in [0.25, 0.3) is 0 Å². The molecule has 128 valence electrons. The maximum Gasteiger partial charge on any atom is 0.234 e. The van der Waals surface area contributed by atoms with Gasteiger partial charge in [-0.15, -0.1) is 0 Å². The van der Waals surface area contributed by atoms with Crippen LogP contribution in [0.5, 0.6) is 0 Å². The van der Waals surface area contributed by atoms with Gasteiger partial charge >= 0.3 is 0 Å². The normalized spacial score (nSPS) is 10.7. The standard InChI is InChI=1S/C20H21N3OS/c1-14-9-10-15(2)17(11-14)22-19(24)13-25-20-21-12-18(23(20)3)16-7-5-4-6-8-16/h4-12H,13H2,1-3H3,(H,22,24). The largest absolute Gasteiger partial charge is 0.325 e. The zero-order valence-electron chi connectivity index (χ0n) is 14.6. The molecule has 1 aromatic heterocycles. The van der Waals surface area contributed by atoms with E-state index in [1.807, 2.05) is 68.1 Å². The van der Waals surface area contributed by atoms with Gasteiger partial charge in [0, 0.05) is 12.7 Å². The second-order valence-corrected chi connectivity index (χ2v) is 6.95. The van der Waals surface area contributed by atoms with Gasteiger partial charge in [0.1, 0.15) is 0 Å². The molecule has 0 aliphatic carbocycles. The van der Waals surface area contributed by atoms with Crippen LogP contribution in [0.3, 0.4) is 0 Å². The molecule has 0 unspecified atom stereocenters. The Labute approximate surface area is 152 Å². The van der Waals surface area contributed by atoms with E-state index in [0.717, 1.165) is 33.2 Å². The minimum atomic E-state index is -0.0250. The fraction of sp³-hybridized carbons (Fsp3) is 0.200. The van der Waals surface area contributed by atoms with Crippen LogP contribution in [-0.2, 0) is 11.8 Å². The minimum absolute atomic E-state index is 0.0250. The summed E-state index contributed by atoms with van der Waals surface area (Å²) in [4.78, 5) is 16.7. The molecule has 1 amide bonds. The molecule has 0 atom stereocenters. The molecule has 3 aromatic rings. The number of aromatic nitrogens is 2. The summed E-state index contributed by atoms with van der Waals surface area (Å²) in [5.41, 5.74) is 5.22. The van der Waals surface area contributed by atoms with Crippen molar-refractivity contribution in [3.8, 4) is 11.3 Å². The van der Waals surface area contributed by atoms with Crippen LogP contribution < -0.4 is 5.32 Å². The van der Waals surface area contributed by atoms with E-state index in [1.54, 1.807) is 0 Å². The van der Waals surface area contributed by atoms with E-state index in [9.17, 15) is 4.79 Å². The summed E-state index contributed by atoms with van der Waals surface area (Å²) in [6, 6.07) is 16.2. The predicted molar refractivity (Wildman–Crippen MR) is 104 cm³/mol. The summed E-state index contributed by atoms with van der Waals surface area (Å²) in [5.74, 6) is 0.301. The summed E-state index contributed by atoms with van der Waals surface area (Å²) in [6.45, 7) is 4.01. The van der Waals surface area contributed by atoms with Gasteiger partial charge in [-0.3, -0.25) is 4.79 Å². The van der Waals surface area contributed by atoms with Crippen molar-refractivity contribution in [2.75, 3.05) is 11.1 Å². The van der Waals surface area contributed by atoms with Gasteiger partial charge in [-0.1, -0.05) is 54.2 Å². The predicted octanol–water partition coefficient (Wildman–Crippen LogP) is 4.43. The minimum Gasteiger partial charge on any atom is -0.325 e. The molecule has 1 heterocycles. The van der Waals surface area contributed by atoms with E-state index < -0.39 is 0 Å². The van der Waals surface area contributed by atoms with E-state index in [1.165, 1.54) is 11.8 Å². The number of carbonyl (C=O) groups excluding carboxylic acids is 1. The number of carbonyl (C=O) groups is 1. The molecule has 2 aromatic carbocycles. The SMILES string of the molecule is Cc1ccc(C)c(NC(=O)CSc2ncc(-c3ccccc3)n2C)c1. The van der Waals surface area contributed by atoms with Crippen molar-refractivity contribution in [1.29, 1.82) is 0 Å². The number of rotatable bonds is 5. The van der Waals surface area contributed by atoms with Crippen LogP contribution in [0.1, 0.15) is 11.1 Å². The van der Waals surface area contributed by atoms with Gasteiger partial charge in [0.05, 0.1) is 17.6 Å². The first-order valence-electron chi connectivity index (χ1n) is 8.11. The highest BCUT2D eigenvalue weighted by Gasteiger charge is 2.11. The van der Waals surface area contributed by atoms with E-state index in [0.29, 0.717) is 5.75 Å². The number of amides is 1. The molecule has 0 aliphatic rings. The maximum atomic E-state index is 12.3. The molecule has 3 rings (SSSR count). The monoisotopic (exact) mass is 351 g/mol. The number of nitrogens with zero attached hydrogens (tertiary/aromatic N) is 2. The topological polar surface area (TPSA) is 46.9 Å². The van der Waals surface area contributed by atoms with Crippen LogP contribution in [-0.4, -0.2) is 21.2 Å². The second kappa shape index (κ2) is 7.57. The molecule has 0 aliphatic heterocycles. The molecule has 25 heavy (non-hydrogen) atoms. The van der Waals surface area contributed by atoms with Crippen molar-refractivity contribution in [2.45, 2.75) is 19.0 Å². The van der Waals surface area contributed by atoms with E-state index in [2.05, 4.69) is 22.4 Å². The molecule has 0 fully saturated rings. The number of nitrogens with one attached hydrogen (secondary N) is 1. The summed E-state index contributed by atoms with van der Waals surface area (Å²) in [6.07, 6.45) is 1.85. The van der Waals surface area contributed by atoms with Crippen molar-refractivity contribution < 1.29 is 4.79 Å². The highest BCUT2D eigenvalue weighted by Crippen LogP contribution is 2.25. The van der Waals surface area contributed by atoms with Crippen LogP contribution in [0.2, 0.25) is 0 Å².